The summed E-state index contributed by atoms with van der Waals surface area (Å²) in [6.07, 6.45) is 0. The molecule has 0 spiro atoms. The molecule has 0 aliphatic heterocycles. The molecule has 0 bridgehead atoms. The Labute approximate surface area is 148 Å². The zero-order valence-corrected chi connectivity index (χ0v) is 14.3. The number of carbonyl (C=O) groups excluding carboxylic acids is 1. The molecule has 8 heteroatoms. The Hall–Kier alpha value is -1.66. The van der Waals surface area contributed by atoms with Gasteiger partial charge in [-0.05, 0) is 24.3 Å². The highest BCUT2D eigenvalue weighted by Crippen LogP contribution is 2.30. The van der Waals surface area contributed by atoms with Crippen LogP contribution in [0.3, 0.4) is 0 Å². The van der Waals surface area contributed by atoms with E-state index in [-0.39, 0.29) is 11.6 Å². The number of nitrogens with one attached hydrogen (secondary N) is 2. The molecule has 0 unspecified atom stereocenters. The summed E-state index contributed by atoms with van der Waals surface area (Å²) >= 11 is 17.8. The van der Waals surface area contributed by atoms with E-state index in [4.69, 9.17) is 39.5 Å². The lowest BCUT2D eigenvalue weighted by atomic mass is 10.2. The summed E-state index contributed by atoms with van der Waals surface area (Å²) < 4.78 is 5.08. The van der Waals surface area contributed by atoms with Crippen LogP contribution < -0.4 is 15.4 Å². The lowest BCUT2D eigenvalue weighted by Crippen LogP contribution is -2.20. The fraction of sp³-hybridized carbons (Fsp3) is 0.133. The number of hydrogen-bond acceptors (Lipinski definition) is 3. The number of urea groups is 1. The van der Waals surface area contributed by atoms with Crippen molar-refractivity contribution >= 4 is 52.2 Å². The minimum absolute atomic E-state index is 0.264. The van der Waals surface area contributed by atoms with E-state index >= 15 is 0 Å². The monoisotopic (exact) mass is 374 g/mol. The van der Waals surface area contributed by atoms with E-state index in [9.17, 15) is 9.90 Å². The predicted molar refractivity (Wildman–Crippen MR) is 93.0 cm³/mol. The molecule has 0 fully saturated rings. The van der Waals surface area contributed by atoms with E-state index < -0.39 is 6.03 Å². The number of halogens is 3. The average molecular weight is 376 g/mol. The maximum absolute atomic E-state index is 12.1. The van der Waals surface area contributed by atoms with Crippen molar-refractivity contribution in [1.29, 1.82) is 0 Å². The van der Waals surface area contributed by atoms with Gasteiger partial charge in [0.15, 0.2) is 0 Å². The summed E-state index contributed by atoms with van der Waals surface area (Å²) in [6, 6.07) is 7.25. The van der Waals surface area contributed by atoms with Gasteiger partial charge in [-0.15, -0.1) is 0 Å². The Morgan fingerprint density at radius 3 is 2.43 bits per heavy atom. The molecular weight excluding hydrogens is 363 g/mol. The van der Waals surface area contributed by atoms with Crippen LogP contribution in [-0.4, -0.2) is 18.2 Å². The summed E-state index contributed by atoms with van der Waals surface area (Å²) in [5.41, 5.74) is 1.14. The number of aliphatic hydroxyl groups is 1. The third-order valence-electron chi connectivity index (χ3n) is 2.93. The van der Waals surface area contributed by atoms with Gasteiger partial charge in [-0.3, -0.25) is 0 Å². The first-order valence-electron chi connectivity index (χ1n) is 6.44. The number of carbonyl (C=O) groups is 1. The van der Waals surface area contributed by atoms with Crippen LogP contribution in [0.1, 0.15) is 5.56 Å². The maximum Gasteiger partial charge on any atom is 0.323 e. The molecule has 2 rings (SSSR count). The number of aliphatic hydroxyl groups excluding tert-OH is 1. The number of anilines is 2. The smallest absolute Gasteiger partial charge is 0.323 e. The highest BCUT2D eigenvalue weighted by molar-refractivity contribution is 6.35. The molecule has 2 amide bonds. The second kappa shape index (κ2) is 7.75. The summed E-state index contributed by atoms with van der Waals surface area (Å²) in [6.45, 7) is -0.337. The Balaban J connectivity index is 2.19. The zero-order valence-electron chi connectivity index (χ0n) is 12.0. The van der Waals surface area contributed by atoms with Crippen LogP contribution in [0, 0.1) is 0 Å². The molecule has 0 aromatic heterocycles. The Kier molecular flexibility index (Phi) is 5.96. The van der Waals surface area contributed by atoms with Gasteiger partial charge in [0.05, 0.1) is 19.4 Å². The molecule has 0 saturated heterocycles. The number of amides is 2. The molecule has 0 saturated carbocycles. The normalized spacial score (nSPS) is 10.3. The largest absolute Gasteiger partial charge is 0.497 e. The van der Waals surface area contributed by atoms with E-state index in [0.717, 1.165) is 0 Å². The molecule has 122 valence electrons. The van der Waals surface area contributed by atoms with Crippen molar-refractivity contribution < 1.29 is 14.6 Å². The fourth-order valence-corrected chi connectivity index (χ4v) is 2.69. The van der Waals surface area contributed by atoms with Crippen molar-refractivity contribution in [2.45, 2.75) is 6.61 Å². The number of ether oxygens (including phenoxy) is 1. The Bertz CT molecular complexity index is 738. The second-order valence-corrected chi connectivity index (χ2v) is 5.81. The van der Waals surface area contributed by atoms with Crippen molar-refractivity contribution in [1.82, 2.24) is 0 Å². The van der Waals surface area contributed by atoms with Crippen molar-refractivity contribution in [3.8, 4) is 5.75 Å². The lowest BCUT2D eigenvalue weighted by molar-refractivity contribution is 0.262. The molecule has 0 radical (unpaired) electrons. The SMILES string of the molecule is COc1cc(Cl)cc(NC(=O)Nc2cc(Cl)cc(Cl)c2CO)c1. The molecule has 0 atom stereocenters. The van der Waals surface area contributed by atoms with Crippen molar-refractivity contribution in [3.63, 3.8) is 0 Å². The number of benzene rings is 2. The molecule has 3 N–H and O–H groups in total. The highest BCUT2D eigenvalue weighted by atomic mass is 35.5. The van der Waals surface area contributed by atoms with E-state index in [0.29, 0.717) is 32.7 Å². The topological polar surface area (TPSA) is 70.6 Å². The summed E-state index contributed by atoms with van der Waals surface area (Å²) in [5.74, 6) is 0.509. The van der Waals surface area contributed by atoms with E-state index in [1.54, 1.807) is 18.2 Å². The molecule has 2 aromatic carbocycles. The zero-order chi connectivity index (χ0) is 17.0. The molecular formula is C15H13Cl3N2O3. The van der Waals surface area contributed by atoms with Gasteiger partial charge in [-0.2, -0.15) is 0 Å². The van der Waals surface area contributed by atoms with Crippen LogP contribution in [-0.2, 0) is 6.61 Å². The fourth-order valence-electron chi connectivity index (χ4n) is 1.91. The highest BCUT2D eigenvalue weighted by Gasteiger charge is 2.12. The predicted octanol–water partition coefficient (Wildman–Crippen LogP) is 4.79. The minimum Gasteiger partial charge on any atom is -0.497 e. The third kappa shape index (κ3) is 4.65. The van der Waals surface area contributed by atoms with Gasteiger partial charge in [0.25, 0.3) is 0 Å². The first-order chi connectivity index (χ1) is 10.9. The number of methoxy groups -OCH3 is 1. The standard InChI is InChI=1S/C15H13Cl3N2O3/c1-23-11-3-8(16)2-10(6-11)19-15(22)20-14-5-9(17)4-13(18)12(14)7-21/h2-6,21H,7H2,1H3,(H2,19,20,22). The van der Waals surface area contributed by atoms with Gasteiger partial charge in [0.2, 0.25) is 0 Å². The van der Waals surface area contributed by atoms with Gasteiger partial charge in [0, 0.05) is 32.4 Å². The van der Waals surface area contributed by atoms with E-state index in [2.05, 4.69) is 10.6 Å². The molecule has 0 aliphatic carbocycles. The molecule has 2 aromatic rings. The summed E-state index contributed by atoms with van der Waals surface area (Å²) in [4.78, 5) is 12.1. The van der Waals surface area contributed by atoms with Crippen LogP contribution in [0.5, 0.6) is 5.75 Å². The number of rotatable bonds is 4. The molecule has 5 nitrogen and oxygen atoms in total. The van der Waals surface area contributed by atoms with Gasteiger partial charge in [-0.25, -0.2) is 4.79 Å². The lowest BCUT2D eigenvalue weighted by Gasteiger charge is -2.13. The summed E-state index contributed by atoms with van der Waals surface area (Å²) in [7, 11) is 1.50. The first-order valence-corrected chi connectivity index (χ1v) is 7.57. The third-order valence-corrected chi connectivity index (χ3v) is 3.71. The van der Waals surface area contributed by atoms with Gasteiger partial charge in [-0.1, -0.05) is 34.8 Å². The van der Waals surface area contributed by atoms with Crippen molar-refractivity contribution in [3.05, 3.63) is 51.0 Å². The van der Waals surface area contributed by atoms with Crippen LogP contribution in [0.4, 0.5) is 16.2 Å². The van der Waals surface area contributed by atoms with Crippen LogP contribution in [0.2, 0.25) is 15.1 Å². The van der Waals surface area contributed by atoms with Crippen LogP contribution >= 0.6 is 34.8 Å². The molecule has 0 heterocycles. The molecule has 23 heavy (non-hydrogen) atoms. The average Bonchev–Trinajstić information content (AvgIpc) is 2.45. The molecule has 0 aliphatic rings. The Morgan fingerprint density at radius 2 is 1.78 bits per heavy atom. The van der Waals surface area contributed by atoms with Crippen molar-refractivity contribution in [2.75, 3.05) is 17.7 Å². The maximum atomic E-state index is 12.1. The first kappa shape index (κ1) is 17.7. The van der Waals surface area contributed by atoms with Gasteiger partial charge >= 0.3 is 6.03 Å². The van der Waals surface area contributed by atoms with E-state index in [1.807, 2.05) is 0 Å². The van der Waals surface area contributed by atoms with E-state index in [1.165, 1.54) is 19.2 Å². The van der Waals surface area contributed by atoms with Crippen LogP contribution in [0.25, 0.3) is 0 Å². The van der Waals surface area contributed by atoms with Crippen molar-refractivity contribution in [2.24, 2.45) is 0 Å². The quantitative estimate of drug-likeness (QED) is 0.719. The Morgan fingerprint density at radius 1 is 1.09 bits per heavy atom. The van der Waals surface area contributed by atoms with Gasteiger partial charge < -0.3 is 20.5 Å². The number of hydrogen-bond donors (Lipinski definition) is 3. The van der Waals surface area contributed by atoms with Gasteiger partial charge in [0.1, 0.15) is 5.75 Å². The summed E-state index contributed by atoms with van der Waals surface area (Å²) in [5, 5.41) is 15.6. The van der Waals surface area contributed by atoms with Crippen LogP contribution in [0.15, 0.2) is 30.3 Å². The minimum atomic E-state index is -0.539. The second-order valence-electron chi connectivity index (χ2n) is 4.53.